The van der Waals surface area contributed by atoms with Gasteiger partial charge < -0.3 is 14.6 Å². The van der Waals surface area contributed by atoms with E-state index in [4.69, 9.17) is 4.74 Å². The minimum atomic E-state index is -3.62. The van der Waals surface area contributed by atoms with E-state index in [2.05, 4.69) is 16.9 Å². The number of hydrogen-bond donors (Lipinski definition) is 1. The quantitative estimate of drug-likeness (QED) is 0.835. The normalized spacial score (nSPS) is 21.7. The van der Waals surface area contributed by atoms with E-state index in [9.17, 15) is 13.2 Å². The maximum atomic E-state index is 13.3. The van der Waals surface area contributed by atoms with Gasteiger partial charge in [-0.15, -0.1) is 0 Å². The number of H-pyrrole nitrogens is 1. The lowest BCUT2D eigenvalue weighted by Crippen LogP contribution is -2.57. The van der Waals surface area contributed by atoms with E-state index >= 15 is 0 Å². The van der Waals surface area contributed by atoms with Crippen LogP contribution in [0.1, 0.15) is 18.4 Å². The number of piperidine rings is 1. The standard InChI is InChI=1S/C19H25N3O4S/c1-14-11-18(23)20-17-4-3-15(12-16(14)17)27(24,25)22-9-10-26-19(13-22)5-7-21(2)8-6-19/h3-4,11-12H,5-10,13H2,1-2H3,(H,20,23). The van der Waals surface area contributed by atoms with Gasteiger partial charge in [0.15, 0.2) is 0 Å². The molecular formula is C19H25N3O4S. The first-order valence-corrected chi connectivity index (χ1v) is 10.7. The number of aromatic nitrogens is 1. The van der Waals surface area contributed by atoms with Crippen LogP contribution in [0.15, 0.2) is 34.0 Å². The third-order valence-corrected chi connectivity index (χ3v) is 7.61. The third-order valence-electron chi connectivity index (χ3n) is 5.77. The van der Waals surface area contributed by atoms with Crippen molar-refractivity contribution in [2.75, 3.05) is 39.8 Å². The fourth-order valence-corrected chi connectivity index (χ4v) is 5.58. The molecule has 1 spiro atoms. The second-order valence-electron chi connectivity index (χ2n) is 7.70. The second kappa shape index (κ2) is 6.70. The molecule has 7 nitrogen and oxygen atoms in total. The molecular weight excluding hydrogens is 366 g/mol. The summed E-state index contributed by atoms with van der Waals surface area (Å²) in [5, 5.41) is 0.748. The first-order chi connectivity index (χ1) is 12.8. The van der Waals surface area contributed by atoms with Crippen LogP contribution in [0.25, 0.3) is 10.9 Å². The van der Waals surface area contributed by atoms with Crippen LogP contribution in [-0.2, 0) is 14.8 Å². The predicted octanol–water partition coefficient (Wildman–Crippen LogP) is 1.32. The van der Waals surface area contributed by atoms with Crippen molar-refractivity contribution in [2.45, 2.75) is 30.3 Å². The van der Waals surface area contributed by atoms with Gasteiger partial charge >= 0.3 is 0 Å². The van der Waals surface area contributed by atoms with Crippen molar-refractivity contribution in [3.63, 3.8) is 0 Å². The maximum absolute atomic E-state index is 13.3. The van der Waals surface area contributed by atoms with Crippen LogP contribution in [-0.4, -0.2) is 68.0 Å². The van der Waals surface area contributed by atoms with E-state index in [0.29, 0.717) is 25.2 Å². The van der Waals surface area contributed by atoms with Crippen LogP contribution in [0, 0.1) is 6.92 Å². The molecule has 0 amide bonds. The highest BCUT2D eigenvalue weighted by Crippen LogP contribution is 2.32. The van der Waals surface area contributed by atoms with Crippen LogP contribution in [0.4, 0.5) is 0 Å². The minimum Gasteiger partial charge on any atom is -0.372 e. The van der Waals surface area contributed by atoms with Gasteiger partial charge in [-0.1, -0.05) is 0 Å². The predicted molar refractivity (Wildman–Crippen MR) is 103 cm³/mol. The summed E-state index contributed by atoms with van der Waals surface area (Å²) in [6.45, 7) is 4.82. The van der Waals surface area contributed by atoms with Gasteiger partial charge in [0.25, 0.3) is 0 Å². The number of aromatic amines is 1. The lowest BCUT2D eigenvalue weighted by molar-refractivity contribution is -0.117. The SMILES string of the molecule is Cc1cc(=O)[nH]c2ccc(S(=O)(=O)N3CCOC4(CCN(C)CC4)C3)cc12. The molecule has 4 rings (SSSR count). The van der Waals surface area contributed by atoms with E-state index in [0.717, 1.165) is 36.9 Å². The zero-order chi connectivity index (χ0) is 19.2. The summed E-state index contributed by atoms with van der Waals surface area (Å²) in [7, 11) is -1.55. The molecule has 1 aromatic heterocycles. The average Bonchev–Trinajstić information content (AvgIpc) is 2.64. The number of sulfonamides is 1. The number of nitrogens with one attached hydrogen (secondary N) is 1. The highest BCUT2D eigenvalue weighted by atomic mass is 32.2. The Morgan fingerprint density at radius 1 is 1.15 bits per heavy atom. The average molecular weight is 391 g/mol. The summed E-state index contributed by atoms with van der Waals surface area (Å²) in [5.74, 6) is 0. The van der Waals surface area contributed by atoms with Crippen molar-refractivity contribution in [3.8, 4) is 0 Å². The summed E-state index contributed by atoms with van der Waals surface area (Å²) in [6.07, 6.45) is 1.68. The molecule has 0 aliphatic carbocycles. The molecule has 2 aliphatic heterocycles. The molecule has 2 fully saturated rings. The Morgan fingerprint density at radius 2 is 1.89 bits per heavy atom. The van der Waals surface area contributed by atoms with Gasteiger partial charge in [0.2, 0.25) is 15.6 Å². The molecule has 1 aromatic carbocycles. The van der Waals surface area contributed by atoms with Crippen LogP contribution >= 0.6 is 0 Å². The van der Waals surface area contributed by atoms with Crippen molar-refractivity contribution in [2.24, 2.45) is 0 Å². The molecule has 0 atom stereocenters. The molecule has 0 bridgehead atoms. The number of benzene rings is 1. The van der Waals surface area contributed by atoms with E-state index in [1.54, 1.807) is 22.5 Å². The highest BCUT2D eigenvalue weighted by Gasteiger charge is 2.42. The highest BCUT2D eigenvalue weighted by molar-refractivity contribution is 7.89. The number of hydrogen-bond acceptors (Lipinski definition) is 5. The molecule has 0 unspecified atom stereocenters. The molecule has 1 N–H and O–H groups in total. The zero-order valence-electron chi connectivity index (χ0n) is 15.7. The van der Waals surface area contributed by atoms with Gasteiger partial charge in [-0.2, -0.15) is 4.31 Å². The maximum Gasteiger partial charge on any atom is 0.248 e. The Balaban J connectivity index is 1.66. The van der Waals surface area contributed by atoms with E-state index in [-0.39, 0.29) is 16.1 Å². The molecule has 0 radical (unpaired) electrons. The number of fused-ring (bicyclic) bond motifs is 1. The summed E-state index contributed by atoms with van der Waals surface area (Å²) < 4.78 is 34.2. The number of rotatable bonds is 2. The molecule has 146 valence electrons. The summed E-state index contributed by atoms with van der Waals surface area (Å²) in [6, 6.07) is 6.39. The molecule has 8 heteroatoms. The van der Waals surface area contributed by atoms with Gasteiger partial charge in [-0.05, 0) is 50.6 Å². The molecule has 0 saturated carbocycles. The Bertz CT molecular complexity index is 1020. The van der Waals surface area contributed by atoms with Crippen molar-refractivity contribution < 1.29 is 13.2 Å². The van der Waals surface area contributed by atoms with Crippen molar-refractivity contribution >= 4 is 20.9 Å². The van der Waals surface area contributed by atoms with E-state index in [1.807, 2.05) is 6.92 Å². The Morgan fingerprint density at radius 3 is 2.63 bits per heavy atom. The van der Waals surface area contributed by atoms with Gasteiger partial charge in [-0.3, -0.25) is 4.79 Å². The van der Waals surface area contributed by atoms with Crippen molar-refractivity contribution in [3.05, 3.63) is 40.2 Å². The van der Waals surface area contributed by atoms with Crippen molar-refractivity contribution in [1.29, 1.82) is 0 Å². The summed E-state index contributed by atoms with van der Waals surface area (Å²) in [4.78, 5) is 16.9. The Labute approximate surface area is 159 Å². The molecule has 3 heterocycles. The number of likely N-dealkylation sites (tertiary alicyclic amines) is 1. The molecule has 2 saturated heterocycles. The van der Waals surface area contributed by atoms with Gasteiger partial charge in [0.1, 0.15) is 0 Å². The lowest BCUT2D eigenvalue weighted by atomic mass is 9.90. The first-order valence-electron chi connectivity index (χ1n) is 9.26. The fourth-order valence-electron chi connectivity index (χ4n) is 4.06. The topological polar surface area (TPSA) is 82.7 Å². The summed E-state index contributed by atoms with van der Waals surface area (Å²) >= 11 is 0. The van der Waals surface area contributed by atoms with Gasteiger partial charge in [-0.25, -0.2) is 8.42 Å². The van der Waals surface area contributed by atoms with Crippen LogP contribution < -0.4 is 5.56 Å². The second-order valence-corrected chi connectivity index (χ2v) is 9.64. The largest absolute Gasteiger partial charge is 0.372 e. The Hall–Kier alpha value is -1.74. The zero-order valence-corrected chi connectivity index (χ0v) is 16.5. The number of aryl methyl sites for hydroxylation is 1. The summed E-state index contributed by atoms with van der Waals surface area (Å²) in [5.41, 5.74) is 0.843. The molecule has 2 aromatic rings. The van der Waals surface area contributed by atoms with Gasteiger partial charge in [0, 0.05) is 43.1 Å². The van der Waals surface area contributed by atoms with E-state index in [1.165, 1.54) is 6.07 Å². The van der Waals surface area contributed by atoms with Crippen LogP contribution in [0.5, 0.6) is 0 Å². The number of pyridine rings is 1. The molecule has 2 aliphatic rings. The van der Waals surface area contributed by atoms with Crippen molar-refractivity contribution in [1.82, 2.24) is 14.2 Å². The Kier molecular flexibility index (Phi) is 4.62. The third kappa shape index (κ3) is 3.42. The molecule has 27 heavy (non-hydrogen) atoms. The first kappa shape index (κ1) is 18.6. The minimum absolute atomic E-state index is 0.187. The lowest BCUT2D eigenvalue weighted by Gasteiger charge is -2.46. The number of nitrogens with zero attached hydrogens (tertiary/aromatic N) is 2. The smallest absolute Gasteiger partial charge is 0.248 e. The fraction of sp³-hybridized carbons (Fsp3) is 0.526. The van der Waals surface area contributed by atoms with Crippen LogP contribution in [0.2, 0.25) is 0 Å². The van der Waals surface area contributed by atoms with Crippen LogP contribution in [0.3, 0.4) is 0 Å². The van der Waals surface area contributed by atoms with Gasteiger partial charge in [0.05, 0.1) is 17.1 Å². The monoisotopic (exact) mass is 391 g/mol. The number of ether oxygens (including phenoxy) is 1. The number of morpholine rings is 1. The van der Waals surface area contributed by atoms with E-state index < -0.39 is 10.0 Å².